The van der Waals surface area contributed by atoms with Crippen LogP contribution in [0.4, 0.5) is 0 Å². The highest BCUT2D eigenvalue weighted by atomic mass is 16.6. The van der Waals surface area contributed by atoms with Crippen LogP contribution in [0.2, 0.25) is 0 Å². The fourth-order valence-corrected chi connectivity index (χ4v) is 0.899. The van der Waals surface area contributed by atoms with Crippen LogP contribution >= 0.6 is 0 Å². The van der Waals surface area contributed by atoms with Crippen LogP contribution in [-0.2, 0) is 19.1 Å². The van der Waals surface area contributed by atoms with Crippen molar-refractivity contribution in [1.82, 2.24) is 0 Å². The molecule has 0 aliphatic carbocycles. The first-order valence-electron chi connectivity index (χ1n) is 5.12. The van der Waals surface area contributed by atoms with Crippen molar-refractivity contribution in [1.29, 1.82) is 0 Å². The van der Waals surface area contributed by atoms with Gasteiger partial charge in [0.2, 0.25) is 0 Å². The number of hydrogen-bond acceptors (Lipinski definition) is 4. The van der Waals surface area contributed by atoms with E-state index >= 15 is 0 Å². The zero-order chi connectivity index (χ0) is 11.7. The summed E-state index contributed by atoms with van der Waals surface area (Å²) in [5, 5.41) is 0. The molecule has 0 aromatic heterocycles. The molecule has 0 aromatic rings. The summed E-state index contributed by atoms with van der Waals surface area (Å²) < 4.78 is 9.54. The summed E-state index contributed by atoms with van der Waals surface area (Å²) in [6.07, 6.45) is 3.84. The summed E-state index contributed by atoms with van der Waals surface area (Å²) in [7, 11) is 0. The van der Waals surface area contributed by atoms with E-state index in [-0.39, 0.29) is 13.0 Å². The zero-order valence-corrected chi connectivity index (χ0v) is 9.49. The van der Waals surface area contributed by atoms with Crippen LogP contribution in [0, 0.1) is 0 Å². The van der Waals surface area contributed by atoms with Gasteiger partial charge in [-0.15, -0.1) is 0 Å². The van der Waals surface area contributed by atoms with E-state index in [2.05, 4.69) is 0 Å². The zero-order valence-electron chi connectivity index (χ0n) is 9.49. The summed E-state index contributed by atoms with van der Waals surface area (Å²) in [4.78, 5) is 22.2. The molecule has 4 heteroatoms. The van der Waals surface area contributed by atoms with Crippen molar-refractivity contribution >= 4 is 11.9 Å². The fraction of sp³-hybridized carbons (Fsp3) is 0.636. The van der Waals surface area contributed by atoms with Crippen LogP contribution in [0.15, 0.2) is 12.2 Å². The molecule has 0 bridgehead atoms. The standard InChI is InChI=1S/C11H18O4/c1-4-6-7-8-10(12)15-9(3)11(13)14-5-2/h6-7,9H,4-5,8H2,1-3H3/b7-6-. The third-order valence-corrected chi connectivity index (χ3v) is 1.61. The first-order chi connectivity index (χ1) is 7.11. The summed E-state index contributed by atoms with van der Waals surface area (Å²) in [5.74, 6) is -0.925. The van der Waals surface area contributed by atoms with E-state index in [1.165, 1.54) is 6.92 Å². The van der Waals surface area contributed by atoms with Gasteiger partial charge in [0.05, 0.1) is 13.0 Å². The largest absolute Gasteiger partial charge is 0.463 e. The third kappa shape index (κ3) is 6.71. The van der Waals surface area contributed by atoms with E-state index in [9.17, 15) is 9.59 Å². The van der Waals surface area contributed by atoms with Gasteiger partial charge >= 0.3 is 11.9 Å². The van der Waals surface area contributed by atoms with E-state index in [4.69, 9.17) is 9.47 Å². The monoisotopic (exact) mass is 214 g/mol. The van der Waals surface area contributed by atoms with Crippen LogP contribution in [0.5, 0.6) is 0 Å². The van der Waals surface area contributed by atoms with Crippen molar-refractivity contribution < 1.29 is 19.1 Å². The van der Waals surface area contributed by atoms with Crippen LogP contribution < -0.4 is 0 Å². The molecule has 4 nitrogen and oxygen atoms in total. The second kappa shape index (κ2) is 8.03. The second-order valence-electron chi connectivity index (χ2n) is 2.97. The second-order valence-corrected chi connectivity index (χ2v) is 2.97. The molecule has 0 saturated carbocycles. The van der Waals surface area contributed by atoms with E-state index in [0.29, 0.717) is 0 Å². The Balaban J connectivity index is 3.85. The van der Waals surface area contributed by atoms with Gasteiger partial charge in [-0.1, -0.05) is 19.1 Å². The van der Waals surface area contributed by atoms with Crippen LogP contribution in [0.1, 0.15) is 33.6 Å². The number of carbonyl (C=O) groups is 2. The average molecular weight is 214 g/mol. The minimum absolute atomic E-state index is 0.192. The predicted molar refractivity (Wildman–Crippen MR) is 56.2 cm³/mol. The minimum atomic E-state index is -0.826. The van der Waals surface area contributed by atoms with Gasteiger partial charge in [0.15, 0.2) is 6.10 Å². The highest BCUT2D eigenvalue weighted by molar-refractivity contribution is 5.79. The SMILES string of the molecule is CC/C=C\CC(=O)OC(C)C(=O)OCC. The van der Waals surface area contributed by atoms with Crippen molar-refractivity contribution in [3.8, 4) is 0 Å². The molecule has 86 valence electrons. The first-order valence-corrected chi connectivity index (χ1v) is 5.12. The molecule has 0 fully saturated rings. The van der Waals surface area contributed by atoms with E-state index in [0.717, 1.165) is 6.42 Å². The molecule has 0 saturated heterocycles. The smallest absolute Gasteiger partial charge is 0.347 e. The normalized spacial score (nSPS) is 12.5. The van der Waals surface area contributed by atoms with Crippen LogP contribution in [0.25, 0.3) is 0 Å². The molecule has 1 unspecified atom stereocenters. The molecular weight excluding hydrogens is 196 g/mol. The highest BCUT2D eigenvalue weighted by Crippen LogP contribution is 1.99. The number of esters is 2. The molecule has 0 radical (unpaired) electrons. The number of ether oxygens (including phenoxy) is 2. The Morgan fingerprint density at radius 1 is 1.27 bits per heavy atom. The van der Waals surface area contributed by atoms with Crippen LogP contribution in [-0.4, -0.2) is 24.6 Å². The van der Waals surface area contributed by atoms with Gasteiger partial charge in [-0.05, 0) is 20.3 Å². The molecule has 15 heavy (non-hydrogen) atoms. The Bertz CT molecular complexity index is 233. The molecule has 0 spiro atoms. The Hall–Kier alpha value is -1.32. The van der Waals surface area contributed by atoms with Crippen molar-refractivity contribution in [2.24, 2.45) is 0 Å². The maximum Gasteiger partial charge on any atom is 0.347 e. The van der Waals surface area contributed by atoms with Crippen molar-refractivity contribution in [3.05, 3.63) is 12.2 Å². The lowest BCUT2D eigenvalue weighted by Crippen LogP contribution is -2.25. The fourth-order valence-electron chi connectivity index (χ4n) is 0.899. The first kappa shape index (κ1) is 13.7. The quantitative estimate of drug-likeness (QED) is 0.500. The number of allylic oxidation sites excluding steroid dienone is 1. The third-order valence-electron chi connectivity index (χ3n) is 1.61. The molecular formula is C11H18O4. The van der Waals surface area contributed by atoms with E-state index < -0.39 is 18.0 Å². The predicted octanol–water partition coefficient (Wildman–Crippen LogP) is 1.84. The van der Waals surface area contributed by atoms with E-state index in [1.54, 1.807) is 13.0 Å². The molecule has 0 N–H and O–H groups in total. The van der Waals surface area contributed by atoms with E-state index in [1.807, 2.05) is 13.0 Å². The highest BCUT2D eigenvalue weighted by Gasteiger charge is 2.17. The molecule has 0 aliphatic heterocycles. The molecule has 0 heterocycles. The van der Waals surface area contributed by atoms with Gasteiger partial charge in [-0.2, -0.15) is 0 Å². The van der Waals surface area contributed by atoms with Gasteiger partial charge < -0.3 is 9.47 Å². The molecule has 0 rings (SSSR count). The van der Waals surface area contributed by atoms with Crippen molar-refractivity contribution in [2.75, 3.05) is 6.61 Å². The lowest BCUT2D eigenvalue weighted by molar-refractivity contribution is -0.165. The average Bonchev–Trinajstić information content (AvgIpc) is 2.18. The maximum absolute atomic E-state index is 11.2. The van der Waals surface area contributed by atoms with Gasteiger partial charge in [-0.3, -0.25) is 4.79 Å². The Kier molecular flexibility index (Phi) is 7.32. The molecule has 1 atom stereocenters. The van der Waals surface area contributed by atoms with Gasteiger partial charge in [0.1, 0.15) is 0 Å². The Morgan fingerprint density at radius 3 is 2.47 bits per heavy atom. The topological polar surface area (TPSA) is 52.6 Å². The summed E-state index contributed by atoms with van der Waals surface area (Å²) in [6.45, 7) is 5.47. The van der Waals surface area contributed by atoms with Gasteiger partial charge in [0, 0.05) is 0 Å². The number of hydrogen-bond donors (Lipinski definition) is 0. The lowest BCUT2D eigenvalue weighted by atomic mass is 10.3. The molecule has 0 amide bonds. The summed E-state index contributed by atoms with van der Waals surface area (Å²) in [6, 6.07) is 0. The number of carbonyl (C=O) groups excluding carboxylic acids is 2. The van der Waals surface area contributed by atoms with Crippen LogP contribution in [0.3, 0.4) is 0 Å². The minimum Gasteiger partial charge on any atom is -0.463 e. The van der Waals surface area contributed by atoms with Gasteiger partial charge in [-0.25, -0.2) is 4.79 Å². The van der Waals surface area contributed by atoms with Crippen molar-refractivity contribution in [2.45, 2.75) is 39.7 Å². The molecule has 0 aromatic carbocycles. The Morgan fingerprint density at radius 2 is 1.93 bits per heavy atom. The molecule has 0 aliphatic rings. The Labute approximate surface area is 90.2 Å². The maximum atomic E-state index is 11.2. The van der Waals surface area contributed by atoms with Gasteiger partial charge in [0.25, 0.3) is 0 Å². The number of rotatable bonds is 6. The summed E-state index contributed by atoms with van der Waals surface area (Å²) >= 11 is 0. The lowest BCUT2D eigenvalue weighted by Gasteiger charge is -2.10. The van der Waals surface area contributed by atoms with Crippen molar-refractivity contribution in [3.63, 3.8) is 0 Å². The summed E-state index contributed by atoms with van der Waals surface area (Å²) in [5.41, 5.74) is 0.